The number of cyclic esters (lactones) is 1. The largest absolute Gasteiger partial charge is 0.457 e. The molecular formula is C45H67FN6O10S. The minimum absolute atomic E-state index is 0.00603. The Labute approximate surface area is 374 Å². The van der Waals surface area contributed by atoms with Gasteiger partial charge in [0, 0.05) is 47.2 Å². The third-order valence-corrected chi connectivity index (χ3v) is 13.9. The van der Waals surface area contributed by atoms with Gasteiger partial charge in [0.05, 0.1) is 36.3 Å². The molecule has 13 atom stereocenters. The summed E-state index contributed by atoms with van der Waals surface area (Å²) < 4.78 is 42.4. The fourth-order valence-corrected chi connectivity index (χ4v) is 10.1. The molecule has 3 aliphatic rings. The summed E-state index contributed by atoms with van der Waals surface area (Å²) in [6.07, 6.45) is -3.56. The van der Waals surface area contributed by atoms with Crippen LogP contribution in [0.3, 0.4) is 0 Å². The van der Waals surface area contributed by atoms with Crippen molar-refractivity contribution in [1.82, 2.24) is 14.9 Å². The number of anilines is 1. The number of nitrogens with zero attached hydrogens (tertiary/aromatic N) is 5. The van der Waals surface area contributed by atoms with E-state index in [1.54, 1.807) is 38.4 Å². The number of fused-ring (bicyclic) bond motifs is 5. The van der Waals surface area contributed by atoms with Crippen molar-refractivity contribution in [3.05, 3.63) is 29.4 Å². The van der Waals surface area contributed by atoms with Crippen LogP contribution in [0.15, 0.2) is 33.9 Å². The third kappa shape index (κ3) is 11.4. The Hall–Kier alpha value is -3.78. The van der Waals surface area contributed by atoms with Crippen molar-refractivity contribution in [2.24, 2.45) is 33.3 Å². The first-order valence-electron chi connectivity index (χ1n) is 21.9. The van der Waals surface area contributed by atoms with Gasteiger partial charge in [0.15, 0.2) is 18.7 Å². The van der Waals surface area contributed by atoms with Crippen LogP contribution in [0.1, 0.15) is 107 Å². The number of aliphatic imine (C=N–C) groups is 1. The Morgan fingerprint density at radius 1 is 1.13 bits per heavy atom. The van der Waals surface area contributed by atoms with Crippen LogP contribution < -0.4 is 5.73 Å². The van der Waals surface area contributed by atoms with E-state index in [1.165, 1.54) is 25.2 Å². The summed E-state index contributed by atoms with van der Waals surface area (Å²) in [5.41, 5.74) is 1.75. The van der Waals surface area contributed by atoms with Gasteiger partial charge >= 0.3 is 5.97 Å². The van der Waals surface area contributed by atoms with E-state index < -0.39 is 82.8 Å². The van der Waals surface area contributed by atoms with E-state index in [0.717, 1.165) is 17.5 Å². The number of Topliss-reactive ketones (excluding diaryl/α,β-unsaturated/α-hetero) is 1. The average molecular weight is 903 g/mol. The molecule has 350 valence electrons. The smallest absolute Gasteiger partial charge is 0.351 e. The SMILES string of the molecule is CCC(=O)/N=C1\[C@H](C)C[C@@]2(C)CC/C(=N/OCc3ccc(-c4nc(N)cs4)cn3)CO[C@H]([C@H]1C)[C@](C)(O)[C@@H](CC)OC(=O)[C@@](C)(F)C(=O)[C@H](C)[C@H]2O[C@@H]1O[C@H](C)C[C@H](N(C)C)[C@H]1O. The third-order valence-electron chi connectivity index (χ3n) is 13.0. The number of thiazole rings is 1. The molecule has 2 bridgehead atoms. The summed E-state index contributed by atoms with van der Waals surface area (Å²) >= 11 is 1.41. The Morgan fingerprint density at radius 2 is 1.84 bits per heavy atom. The molecule has 0 spiro atoms. The lowest BCUT2D eigenvalue weighted by atomic mass is 9.66. The Balaban J connectivity index is 1.66. The molecule has 0 aromatic carbocycles. The molecule has 1 amide bonds. The fourth-order valence-electron chi connectivity index (χ4n) is 9.42. The summed E-state index contributed by atoms with van der Waals surface area (Å²) in [5.74, 6) is -5.15. The van der Waals surface area contributed by atoms with Crippen LogP contribution in [0.4, 0.5) is 10.2 Å². The zero-order valence-corrected chi connectivity index (χ0v) is 39.3. The number of aromatic nitrogens is 2. The zero-order chi connectivity index (χ0) is 46.6. The first-order valence-corrected chi connectivity index (χ1v) is 22.8. The quantitative estimate of drug-likeness (QED) is 0.156. The number of carbonyl (C=O) groups excluding carboxylic acids is 3. The van der Waals surface area contributed by atoms with Gasteiger partial charge in [0.1, 0.15) is 28.6 Å². The first kappa shape index (κ1) is 50.2. The molecule has 5 rings (SSSR count). The Bertz CT molecular complexity index is 1980. The topological polar surface area (TPSA) is 218 Å². The molecule has 3 aliphatic heterocycles. The molecule has 4 N–H and O–H groups in total. The van der Waals surface area contributed by atoms with E-state index in [9.17, 15) is 24.6 Å². The van der Waals surface area contributed by atoms with Crippen LogP contribution >= 0.6 is 11.3 Å². The van der Waals surface area contributed by atoms with Crippen LogP contribution in [0.25, 0.3) is 10.6 Å². The normalized spacial score (nSPS) is 37.6. The number of pyridine rings is 1. The zero-order valence-electron chi connectivity index (χ0n) is 38.5. The van der Waals surface area contributed by atoms with Crippen molar-refractivity contribution in [2.75, 3.05) is 26.4 Å². The highest BCUT2D eigenvalue weighted by molar-refractivity contribution is 7.13. The van der Waals surface area contributed by atoms with Gasteiger partial charge in [-0.2, -0.15) is 0 Å². The van der Waals surface area contributed by atoms with Crippen LogP contribution in [-0.4, -0.2) is 129 Å². The molecule has 63 heavy (non-hydrogen) atoms. The minimum Gasteiger partial charge on any atom is -0.457 e. The van der Waals surface area contributed by atoms with E-state index in [2.05, 4.69) is 20.1 Å². The number of oxime groups is 1. The molecule has 2 aromatic rings. The molecule has 3 fully saturated rings. The lowest BCUT2D eigenvalue weighted by Crippen LogP contribution is -2.60. The molecular weight excluding hydrogens is 836 g/mol. The van der Waals surface area contributed by atoms with Crippen molar-refractivity contribution in [2.45, 2.75) is 162 Å². The molecule has 0 unspecified atom stereocenters. The number of halogens is 1. The molecule has 3 saturated heterocycles. The Morgan fingerprint density at radius 3 is 2.44 bits per heavy atom. The number of hydrogen-bond donors (Lipinski definition) is 3. The Kier molecular flexibility index (Phi) is 16.4. The van der Waals surface area contributed by atoms with E-state index >= 15 is 4.39 Å². The highest BCUT2D eigenvalue weighted by atomic mass is 32.1. The molecule has 5 heterocycles. The second kappa shape index (κ2) is 20.6. The van der Waals surface area contributed by atoms with Crippen LogP contribution in [-0.2, 0) is 44.8 Å². The summed E-state index contributed by atoms with van der Waals surface area (Å²) in [6.45, 7) is 14.4. The summed E-state index contributed by atoms with van der Waals surface area (Å²) in [7, 11) is 3.68. The second-order valence-electron chi connectivity index (χ2n) is 18.4. The molecule has 0 aliphatic carbocycles. The van der Waals surface area contributed by atoms with Gasteiger partial charge in [0.2, 0.25) is 5.91 Å². The van der Waals surface area contributed by atoms with Crippen LogP contribution in [0.2, 0.25) is 0 Å². The molecule has 16 nitrogen and oxygen atoms in total. The maximum absolute atomic E-state index is 17.0. The number of nitrogen functional groups attached to an aromatic ring is 1. The van der Waals surface area contributed by atoms with Gasteiger partial charge in [-0.05, 0) is 90.4 Å². The number of nitrogens with two attached hydrogens (primary N) is 1. The maximum atomic E-state index is 17.0. The number of hydrogen-bond acceptors (Lipinski definition) is 16. The van der Waals surface area contributed by atoms with Crippen molar-refractivity contribution in [3.8, 4) is 10.6 Å². The van der Waals surface area contributed by atoms with E-state index in [4.69, 9.17) is 29.5 Å². The monoisotopic (exact) mass is 902 g/mol. The number of ether oxygens (including phenoxy) is 4. The molecule has 0 radical (unpaired) electrons. The predicted molar refractivity (Wildman–Crippen MR) is 237 cm³/mol. The van der Waals surface area contributed by atoms with Crippen molar-refractivity contribution in [3.63, 3.8) is 0 Å². The van der Waals surface area contributed by atoms with E-state index in [0.29, 0.717) is 29.4 Å². The highest BCUT2D eigenvalue weighted by Gasteiger charge is 2.56. The summed E-state index contributed by atoms with van der Waals surface area (Å²) in [4.78, 5) is 62.9. The number of rotatable bonds is 9. The summed E-state index contributed by atoms with van der Waals surface area (Å²) in [6, 6.07) is 3.28. The predicted octanol–water partition coefficient (Wildman–Crippen LogP) is 5.72. The first-order chi connectivity index (χ1) is 29.5. The number of amides is 1. The maximum Gasteiger partial charge on any atom is 0.351 e. The molecule has 0 saturated carbocycles. The van der Waals surface area contributed by atoms with E-state index in [-0.39, 0.29) is 57.5 Å². The number of carbonyl (C=O) groups is 3. The van der Waals surface area contributed by atoms with Crippen LogP contribution in [0, 0.1) is 23.2 Å². The second-order valence-corrected chi connectivity index (χ2v) is 19.3. The van der Waals surface area contributed by atoms with Gasteiger partial charge in [-0.3, -0.25) is 14.6 Å². The van der Waals surface area contributed by atoms with E-state index in [1.807, 2.05) is 45.8 Å². The van der Waals surface area contributed by atoms with Gasteiger partial charge < -0.3 is 44.6 Å². The molecule has 2 aromatic heterocycles. The van der Waals surface area contributed by atoms with Gasteiger partial charge in [-0.15, -0.1) is 11.3 Å². The number of aliphatic hydroxyl groups is 2. The number of esters is 1. The molecule has 18 heteroatoms. The van der Waals surface area contributed by atoms with Gasteiger partial charge in [-0.1, -0.05) is 46.7 Å². The average Bonchev–Trinajstić information content (AvgIpc) is 3.67. The number of likely N-dealkylation sites (N-methyl/N-ethyl adjacent to an activating group) is 1. The lowest BCUT2D eigenvalue weighted by Gasteiger charge is -2.48. The van der Waals surface area contributed by atoms with Crippen molar-refractivity contribution >= 4 is 46.2 Å². The van der Waals surface area contributed by atoms with Crippen molar-refractivity contribution in [1.29, 1.82) is 0 Å². The number of aliphatic hydroxyl groups excluding tert-OH is 1. The summed E-state index contributed by atoms with van der Waals surface area (Å²) in [5, 5.41) is 31.2. The standard InChI is InChI=1S/C45H67FN6O10S/c1-12-32-45(9,57)39-26(5)35(50-34(53)13-2)24(3)19-43(7,17-16-30(21-58-39)51-59-22-29-15-14-28(20-48-29)40-49-33(47)23-63-40)38(27(6)37(55)44(8,46)42(56)61-32)62-41-36(54)31(52(10)11)18-25(4)60-41/h14-15,20,23-27,31-32,36,38-39,41,54,57H,12-13,16-19,21-22,47H2,1-11H3/b50-35+,51-30-/t24-,25-,26+,27+,31+,32-,36-,38-,39-,41+,43-,44+,45-/m1/s1. The highest BCUT2D eigenvalue weighted by Crippen LogP contribution is 2.46. The van der Waals surface area contributed by atoms with Gasteiger partial charge in [-0.25, -0.2) is 19.2 Å². The lowest BCUT2D eigenvalue weighted by molar-refractivity contribution is -0.287. The van der Waals surface area contributed by atoms with Crippen LogP contribution in [0.5, 0.6) is 0 Å². The van der Waals surface area contributed by atoms with Gasteiger partial charge in [0.25, 0.3) is 5.67 Å². The fraction of sp³-hybridized carbons (Fsp3) is 0.711. The number of ketones is 1. The number of alkyl halides is 1. The minimum atomic E-state index is -3.17. The van der Waals surface area contributed by atoms with Crippen molar-refractivity contribution < 1.29 is 52.8 Å².